The van der Waals surface area contributed by atoms with Crippen LogP contribution in [-0.4, -0.2) is 0 Å². The van der Waals surface area contributed by atoms with Crippen LogP contribution in [0.1, 0.15) is 25.0 Å². The monoisotopic (exact) mass is 1640 g/mol. The first kappa shape index (κ1) is 77.4. The molecule has 0 aliphatic heterocycles. The molecule has 24 aromatic carbocycles. The van der Waals surface area contributed by atoms with Gasteiger partial charge in [0.25, 0.3) is 0 Å². The minimum absolute atomic E-state index is 0.0589. The summed E-state index contributed by atoms with van der Waals surface area (Å²) in [7, 11) is 0. The van der Waals surface area contributed by atoms with Gasteiger partial charge in [0, 0.05) is 5.41 Å². The molecule has 0 spiro atoms. The molecule has 0 unspecified atom stereocenters. The van der Waals surface area contributed by atoms with Gasteiger partial charge in [-0.2, -0.15) is 0 Å². The molecule has 0 saturated carbocycles. The van der Waals surface area contributed by atoms with Gasteiger partial charge in [-0.05, 0) is 278 Å². The van der Waals surface area contributed by atoms with Crippen molar-refractivity contribution in [3.63, 3.8) is 0 Å². The molecule has 604 valence electrons. The van der Waals surface area contributed by atoms with Crippen LogP contribution in [0.2, 0.25) is 0 Å². The zero-order chi connectivity index (χ0) is 85.9. The molecule has 0 atom stereocenters. The quantitative estimate of drug-likeness (QED) is 0.113. The molecule has 0 N–H and O–H groups in total. The van der Waals surface area contributed by atoms with E-state index in [1.54, 1.807) is 0 Å². The summed E-state index contributed by atoms with van der Waals surface area (Å²) in [4.78, 5) is 0. The second kappa shape index (κ2) is 32.9. The summed E-state index contributed by atoms with van der Waals surface area (Å²) in [5.41, 5.74) is 33.0. The molecule has 0 amide bonds. The number of benzene rings is 24. The van der Waals surface area contributed by atoms with E-state index in [4.69, 9.17) is 0 Å². The number of rotatable bonds is 11. The first-order valence-electron chi connectivity index (χ1n) is 44.9. The van der Waals surface area contributed by atoms with Crippen LogP contribution in [0.25, 0.3) is 230 Å². The van der Waals surface area contributed by atoms with Gasteiger partial charge in [0.05, 0.1) is 0 Å². The van der Waals surface area contributed by atoms with Crippen molar-refractivity contribution in [1.29, 1.82) is 0 Å². The third-order valence-electron chi connectivity index (χ3n) is 27.0. The predicted octanol–water partition coefficient (Wildman–Crippen LogP) is 36.1. The predicted molar refractivity (Wildman–Crippen MR) is 554 cm³/mol. The lowest BCUT2D eigenvalue weighted by Crippen LogP contribution is -2.14. The van der Waals surface area contributed by atoms with E-state index in [0.717, 1.165) is 0 Å². The number of hydrogen-bond acceptors (Lipinski definition) is 0. The highest BCUT2D eigenvalue weighted by atomic mass is 14.4. The first-order valence-corrected chi connectivity index (χ1v) is 44.9. The van der Waals surface area contributed by atoms with Crippen molar-refractivity contribution in [3.8, 4) is 134 Å². The maximum Gasteiger partial charge on any atom is 0.0159 e. The zero-order valence-corrected chi connectivity index (χ0v) is 71.8. The molecule has 0 radical (unpaired) electrons. The van der Waals surface area contributed by atoms with E-state index in [-0.39, 0.29) is 5.41 Å². The van der Waals surface area contributed by atoms with E-state index in [0.29, 0.717) is 0 Å². The van der Waals surface area contributed by atoms with Crippen molar-refractivity contribution < 1.29 is 0 Å². The highest BCUT2D eigenvalue weighted by Crippen LogP contribution is 2.54. The summed E-state index contributed by atoms with van der Waals surface area (Å²) in [5, 5.41) is 22.9. The summed E-state index contributed by atoms with van der Waals surface area (Å²) >= 11 is 0. The molecule has 0 saturated heterocycles. The Morgan fingerprint density at radius 3 is 0.806 bits per heavy atom. The third kappa shape index (κ3) is 14.1. The van der Waals surface area contributed by atoms with Crippen molar-refractivity contribution in [2.75, 3.05) is 0 Å². The largest absolute Gasteiger partial charge is 0.0622 e. The van der Waals surface area contributed by atoms with Gasteiger partial charge in [0.15, 0.2) is 0 Å². The number of fused-ring (bicyclic) bond motifs is 12. The SMILES string of the molecule is CC1(C)c2ccccc2-c2ccc(-c3c4ccccc4c(-c4ccccc4)c4cc(-c5ccc(-c6ccccc6)cc5)ccc34)cc21.c1ccc(-c2c3ccccc3c(-c3cccc4ccccc34)c3ccc(-c4ccc5ccccc5c4)cc23)cc1.c1ccc(-c2ccc(-c3ccc4c(-c5ccc6ccccc6c5)c5ccccc5c(-c5ccccc5)c4c3)cc2)cc1. The van der Waals surface area contributed by atoms with E-state index >= 15 is 0 Å². The van der Waals surface area contributed by atoms with Crippen LogP contribution in [0.15, 0.2) is 497 Å². The van der Waals surface area contributed by atoms with Gasteiger partial charge in [-0.25, -0.2) is 0 Å². The first-order chi connectivity index (χ1) is 63.8. The van der Waals surface area contributed by atoms with Gasteiger partial charge in [-0.15, -0.1) is 0 Å². The van der Waals surface area contributed by atoms with Crippen LogP contribution in [0.3, 0.4) is 0 Å². The molecular formula is C129H88. The fourth-order valence-electron chi connectivity index (χ4n) is 20.7. The van der Waals surface area contributed by atoms with E-state index in [2.05, 4.69) is 511 Å². The van der Waals surface area contributed by atoms with E-state index in [1.807, 2.05) is 0 Å². The summed E-state index contributed by atoms with van der Waals surface area (Å²) in [6.45, 7) is 4.73. The Hall–Kier alpha value is -16.4. The smallest absolute Gasteiger partial charge is 0.0159 e. The Morgan fingerprint density at radius 2 is 0.364 bits per heavy atom. The van der Waals surface area contributed by atoms with Crippen molar-refractivity contribution in [3.05, 3.63) is 509 Å². The minimum atomic E-state index is -0.0589. The number of hydrogen-bond donors (Lipinski definition) is 0. The molecule has 25 rings (SSSR count). The standard InChI is InChI=1S/C47H34.C42H28.C40H26/c1-47(2)43-20-12-11-17-37(43)38-27-26-36(30-44(38)47)46-40-19-10-9-18-39(40)45(34-15-7-4-8-16-34)42-29-35(25-28-41(42)46)33-23-21-32(22-24-33)31-13-5-3-6-14-31;1-3-11-29(12-4-1)31-19-21-32(22-20-31)35-25-26-39-40(28-35)41(33-14-5-2-6-15-33)37-17-9-10-18-38(37)42(39)36-24-23-30-13-7-8-16-34(30)27-36;1-2-13-29(14-3-1)39-35-18-8-9-19-36(35)40(34-20-10-16-28-12-6-7-17-33(28)34)37-24-23-32(26-38(37)39)31-22-21-27-11-4-5-15-30(27)25-31/h3-30H,1-2H3;1-28H;1-26H. The molecule has 129 heavy (non-hydrogen) atoms. The van der Waals surface area contributed by atoms with Crippen molar-refractivity contribution in [2.45, 2.75) is 19.3 Å². The molecule has 1 aliphatic carbocycles. The highest BCUT2D eigenvalue weighted by Gasteiger charge is 2.36. The molecule has 0 heterocycles. The maximum atomic E-state index is 2.47. The maximum absolute atomic E-state index is 2.47. The topological polar surface area (TPSA) is 0 Å². The Labute approximate surface area is 752 Å². The van der Waals surface area contributed by atoms with Gasteiger partial charge in [-0.3, -0.25) is 0 Å². The van der Waals surface area contributed by atoms with Crippen LogP contribution in [0, 0.1) is 0 Å². The Kier molecular flexibility index (Phi) is 19.8. The Morgan fingerprint density at radius 1 is 0.116 bits per heavy atom. The average Bonchev–Trinajstić information content (AvgIpc) is 1.68. The van der Waals surface area contributed by atoms with Crippen molar-refractivity contribution in [2.24, 2.45) is 0 Å². The summed E-state index contributed by atoms with van der Waals surface area (Å²) in [6.07, 6.45) is 0. The van der Waals surface area contributed by atoms with Crippen LogP contribution in [0.5, 0.6) is 0 Å². The van der Waals surface area contributed by atoms with Gasteiger partial charge in [0.1, 0.15) is 0 Å². The molecular weight excluding hydrogens is 1550 g/mol. The van der Waals surface area contributed by atoms with Crippen LogP contribution in [-0.2, 0) is 5.41 Å². The second-order valence-electron chi connectivity index (χ2n) is 34.7. The van der Waals surface area contributed by atoms with E-state index in [9.17, 15) is 0 Å². The lowest BCUT2D eigenvalue weighted by Gasteiger charge is -2.23. The fourth-order valence-corrected chi connectivity index (χ4v) is 20.7. The van der Waals surface area contributed by atoms with Crippen LogP contribution >= 0.6 is 0 Å². The second-order valence-corrected chi connectivity index (χ2v) is 34.7. The average molecular weight is 1640 g/mol. The lowest BCUT2D eigenvalue weighted by atomic mass is 9.80. The zero-order valence-electron chi connectivity index (χ0n) is 71.8. The molecule has 1 aliphatic rings. The van der Waals surface area contributed by atoms with Crippen molar-refractivity contribution in [1.82, 2.24) is 0 Å². The Bertz CT molecular complexity index is 8430. The molecule has 0 heteroatoms. The van der Waals surface area contributed by atoms with E-state index < -0.39 is 0 Å². The molecule has 0 bridgehead atoms. The summed E-state index contributed by atoms with van der Waals surface area (Å²) in [6, 6.07) is 182. The van der Waals surface area contributed by atoms with Crippen molar-refractivity contribution >= 4 is 97.0 Å². The van der Waals surface area contributed by atoms with Gasteiger partial charge < -0.3 is 0 Å². The molecule has 0 nitrogen and oxygen atoms in total. The minimum Gasteiger partial charge on any atom is -0.0622 e. The van der Waals surface area contributed by atoms with Gasteiger partial charge >= 0.3 is 0 Å². The third-order valence-corrected chi connectivity index (χ3v) is 27.0. The van der Waals surface area contributed by atoms with E-state index in [1.165, 1.54) is 242 Å². The van der Waals surface area contributed by atoms with Gasteiger partial charge in [-0.1, -0.05) is 475 Å². The highest BCUT2D eigenvalue weighted by molar-refractivity contribution is 6.26. The van der Waals surface area contributed by atoms with Gasteiger partial charge in [0.2, 0.25) is 0 Å². The van der Waals surface area contributed by atoms with Crippen LogP contribution < -0.4 is 0 Å². The molecule has 24 aromatic rings. The lowest BCUT2D eigenvalue weighted by molar-refractivity contribution is 0.660. The van der Waals surface area contributed by atoms with Crippen LogP contribution in [0.4, 0.5) is 0 Å². The summed E-state index contributed by atoms with van der Waals surface area (Å²) in [5.74, 6) is 0. The molecule has 0 aromatic heterocycles. The normalized spacial score (nSPS) is 12.0. The Balaban J connectivity index is 0.000000111. The summed E-state index contributed by atoms with van der Waals surface area (Å²) < 4.78 is 0. The fraction of sp³-hybridized carbons (Fsp3) is 0.0233. The molecule has 0 fully saturated rings.